The quantitative estimate of drug-likeness (QED) is 0.461. The Bertz CT molecular complexity index is 65.9. The Kier molecular flexibility index (Phi) is 0.946. The van der Waals surface area contributed by atoms with Gasteiger partial charge in [-0.15, -0.1) is 0 Å². The van der Waals surface area contributed by atoms with Gasteiger partial charge in [0, 0.05) is 0 Å². The molecule has 34 valence electrons. The van der Waals surface area contributed by atoms with Gasteiger partial charge >= 0.3 is 8.53 Å². The van der Waals surface area contributed by atoms with Crippen molar-refractivity contribution in [2.75, 3.05) is 0 Å². The summed E-state index contributed by atoms with van der Waals surface area (Å²) in [6, 6.07) is 0. The Balaban J connectivity index is 2.32. The van der Waals surface area contributed by atoms with Crippen molar-refractivity contribution in [3.05, 3.63) is 12.5 Å². The van der Waals surface area contributed by atoms with Gasteiger partial charge in [0.15, 0.2) is 0 Å². The van der Waals surface area contributed by atoms with Crippen LogP contribution in [0.25, 0.3) is 0 Å². The zero-order chi connectivity index (χ0) is 4.41. The molecule has 1 aliphatic heterocycles. The summed E-state index contributed by atoms with van der Waals surface area (Å²) in [5.74, 6) is 0. The Hall–Kier alpha value is -0.270. The van der Waals surface area contributed by atoms with Gasteiger partial charge in [0.25, 0.3) is 0 Å². The first-order chi connectivity index (χ1) is 2.89. The van der Waals surface area contributed by atoms with Crippen molar-refractivity contribution in [3.63, 3.8) is 0 Å². The van der Waals surface area contributed by atoms with E-state index >= 15 is 0 Å². The second-order valence-corrected chi connectivity index (χ2v) is 1.76. The van der Waals surface area contributed by atoms with E-state index in [1.54, 1.807) is 0 Å². The SMILES string of the molecule is NP1OC=CO1. The zero-order valence-corrected chi connectivity index (χ0v) is 3.89. The van der Waals surface area contributed by atoms with Crippen LogP contribution in [0, 0.1) is 0 Å². The molecule has 0 amide bonds. The van der Waals surface area contributed by atoms with E-state index in [0.717, 1.165) is 0 Å². The van der Waals surface area contributed by atoms with E-state index in [4.69, 9.17) is 5.50 Å². The highest BCUT2D eigenvalue weighted by Crippen LogP contribution is 2.33. The molecule has 4 heteroatoms. The van der Waals surface area contributed by atoms with E-state index in [0.29, 0.717) is 0 Å². The Morgan fingerprint density at radius 1 is 1.33 bits per heavy atom. The smallest absolute Gasteiger partial charge is 0.377 e. The van der Waals surface area contributed by atoms with E-state index in [9.17, 15) is 0 Å². The first kappa shape index (κ1) is 3.90. The van der Waals surface area contributed by atoms with Crippen molar-refractivity contribution in [3.8, 4) is 0 Å². The van der Waals surface area contributed by atoms with Crippen molar-refractivity contribution < 1.29 is 9.05 Å². The third-order valence-electron chi connectivity index (χ3n) is 0.385. The van der Waals surface area contributed by atoms with Crippen LogP contribution in [0.4, 0.5) is 0 Å². The second kappa shape index (κ2) is 1.45. The van der Waals surface area contributed by atoms with Crippen LogP contribution in [-0.4, -0.2) is 0 Å². The maximum Gasteiger partial charge on any atom is 0.377 e. The molecule has 3 nitrogen and oxygen atoms in total. The van der Waals surface area contributed by atoms with Crippen LogP contribution in [0.1, 0.15) is 0 Å². The van der Waals surface area contributed by atoms with Gasteiger partial charge in [0.05, 0.1) is 0 Å². The minimum atomic E-state index is -1.08. The van der Waals surface area contributed by atoms with E-state index in [1.165, 1.54) is 12.5 Å². The number of rotatable bonds is 0. The van der Waals surface area contributed by atoms with Crippen molar-refractivity contribution in [1.29, 1.82) is 0 Å². The van der Waals surface area contributed by atoms with Gasteiger partial charge < -0.3 is 9.05 Å². The lowest BCUT2D eigenvalue weighted by Crippen LogP contribution is -1.82. The standard InChI is InChI=1S/C2H4NO2P/c3-6-4-1-2-5-6/h1-2H,3H2. The Labute approximate surface area is 36.7 Å². The lowest BCUT2D eigenvalue weighted by Gasteiger charge is -1.94. The van der Waals surface area contributed by atoms with E-state index in [1.807, 2.05) is 0 Å². The van der Waals surface area contributed by atoms with Crippen LogP contribution in [-0.2, 0) is 9.05 Å². The zero-order valence-electron chi connectivity index (χ0n) is 3.00. The van der Waals surface area contributed by atoms with Gasteiger partial charge in [-0.25, -0.2) is 5.50 Å². The van der Waals surface area contributed by atoms with E-state index in [-0.39, 0.29) is 0 Å². The van der Waals surface area contributed by atoms with Gasteiger partial charge in [-0.3, -0.25) is 0 Å². The van der Waals surface area contributed by atoms with E-state index < -0.39 is 8.53 Å². The Morgan fingerprint density at radius 2 is 1.83 bits per heavy atom. The first-order valence-electron chi connectivity index (χ1n) is 1.43. The topological polar surface area (TPSA) is 44.5 Å². The third kappa shape index (κ3) is 0.614. The molecule has 0 bridgehead atoms. The molecule has 1 aliphatic rings. The molecule has 2 N–H and O–H groups in total. The van der Waals surface area contributed by atoms with Crippen LogP contribution in [0.5, 0.6) is 0 Å². The van der Waals surface area contributed by atoms with Crippen molar-refractivity contribution >= 4 is 8.53 Å². The molecule has 0 aliphatic carbocycles. The summed E-state index contributed by atoms with van der Waals surface area (Å²) in [5.41, 5.74) is 5.09. The fourth-order valence-corrected chi connectivity index (χ4v) is 0.583. The van der Waals surface area contributed by atoms with Crippen LogP contribution < -0.4 is 5.50 Å². The van der Waals surface area contributed by atoms with Crippen molar-refractivity contribution in [2.45, 2.75) is 0 Å². The Morgan fingerprint density at radius 3 is 2.00 bits per heavy atom. The summed E-state index contributed by atoms with van der Waals surface area (Å²) >= 11 is 0. The minimum absolute atomic E-state index is 1.08. The number of hydrogen-bond acceptors (Lipinski definition) is 3. The van der Waals surface area contributed by atoms with Crippen molar-refractivity contribution in [2.24, 2.45) is 5.50 Å². The molecule has 0 spiro atoms. The van der Waals surface area contributed by atoms with Crippen LogP contribution in [0.15, 0.2) is 12.5 Å². The van der Waals surface area contributed by atoms with Crippen LogP contribution >= 0.6 is 8.53 Å². The molecule has 0 saturated carbocycles. The molecule has 0 unspecified atom stereocenters. The lowest BCUT2D eigenvalue weighted by atomic mass is 11.1. The maximum absolute atomic E-state index is 5.09. The molecule has 0 aromatic heterocycles. The summed E-state index contributed by atoms with van der Waals surface area (Å²) in [6.07, 6.45) is 2.87. The molecule has 0 fully saturated rings. The van der Waals surface area contributed by atoms with Gasteiger partial charge in [0.2, 0.25) is 0 Å². The maximum atomic E-state index is 5.09. The molecule has 0 atom stereocenters. The fourth-order valence-electron chi connectivity index (χ4n) is 0.194. The number of hydrogen-bond donors (Lipinski definition) is 1. The molecular weight excluding hydrogens is 101 g/mol. The summed E-state index contributed by atoms with van der Waals surface area (Å²) < 4.78 is 9.19. The van der Waals surface area contributed by atoms with Crippen molar-refractivity contribution in [1.82, 2.24) is 0 Å². The van der Waals surface area contributed by atoms with E-state index in [2.05, 4.69) is 9.05 Å². The number of nitrogens with two attached hydrogens (primary N) is 1. The van der Waals surface area contributed by atoms with Gasteiger partial charge in [-0.2, -0.15) is 0 Å². The minimum Gasteiger partial charge on any atom is -0.432 e. The van der Waals surface area contributed by atoms with Gasteiger partial charge in [0.1, 0.15) is 12.5 Å². The third-order valence-corrected chi connectivity index (χ3v) is 1.04. The average molecular weight is 105 g/mol. The second-order valence-electron chi connectivity index (χ2n) is 0.768. The molecular formula is C2H4NO2P. The predicted molar refractivity (Wildman–Crippen MR) is 22.4 cm³/mol. The first-order valence-corrected chi connectivity index (χ1v) is 2.67. The predicted octanol–water partition coefficient (Wildman–Crippen LogP) is 0.690. The largest absolute Gasteiger partial charge is 0.432 e. The molecule has 1 rings (SSSR count). The molecule has 6 heavy (non-hydrogen) atoms. The van der Waals surface area contributed by atoms with Gasteiger partial charge in [-0.05, 0) is 0 Å². The summed E-state index contributed by atoms with van der Waals surface area (Å²) in [7, 11) is -1.08. The summed E-state index contributed by atoms with van der Waals surface area (Å²) in [5, 5.41) is 0. The average Bonchev–Trinajstić information content (AvgIpc) is 1.86. The fraction of sp³-hybridized carbons (Fsp3) is 0. The molecule has 1 heterocycles. The highest BCUT2D eigenvalue weighted by Gasteiger charge is 2.04. The molecule has 0 radical (unpaired) electrons. The van der Waals surface area contributed by atoms with Crippen LogP contribution in [0.2, 0.25) is 0 Å². The normalized spacial score (nSPS) is 20.2. The summed E-state index contributed by atoms with van der Waals surface area (Å²) in [4.78, 5) is 0. The summed E-state index contributed by atoms with van der Waals surface area (Å²) in [6.45, 7) is 0. The molecule has 0 aromatic carbocycles. The highest BCUT2D eigenvalue weighted by molar-refractivity contribution is 7.44. The lowest BCUT2D eigenvalue weighted by molar-refractivity contribution is 0.479. The molecule has 0 aromatic rings. The van der Waals surface area contributed by atoms with Gasteiger partial charge in [-0.1, -0.05) is 0 Å². The monoisotopic (exact) mass is 105 g/mol. The highest BCUT2D eigenvalue weighted by atomic mass is 31.2. The molecule has 0 saturated heterocycles. The van der Waals surface area contributed by atoms with Crippen LogP contribution in [0.3, 0.4) is 0 Å².